The highest BCUT2D eigenvalue weighted by Gasteiger charge is 2.07. The molecule has 0 fully saturated rings. The molecule has 1 unspecified atom stereocenters. The van der Waals surface area contributed by atoms with Crippen LogP contribution in [0.25, 0.3) is 0 Å². The Kier molecular flexibility index (Phi) is 2.37. The standard InChI is InChI=1S/C8H17NO2/c1-8(2,3)9-6-4-5-7(10)11/h9H,4-6H2,1-3H3,(H,10,11)/i4D2,6D. The molecule has 0 aliphatic carbocycles. The Morgan fingerprint density at radius 2 is 2.18 bits per heavy atom. The van der Waals surface area contributed by atoms with Gasteiger partial charge < -0.3 is 10.4 Å². The van der Waals surface area contributed by atoms with Crippen LogP contribution < -0.4 is 5.32 Å². The van der Waals surface area contributed by atoms with Crippen molar-refractivity contribution in [3.63, 3.8) is 0 Å². The van der Waals surface area contributed by atoms with E-state index in [1.807, 2.05) is 0 Å². The normalized spacial score (nSPS) is 19.7. The van der Waals surface area contributed by atoms with Crippen molar-refractivity contribution in [2.75, 3.05) is 6.52 Å². The van der Waals surface area contributed by atoms with Gasteiger partial charge in [0.05, 0.1) is 0 Å². The molecule has 0 spiro atoms. The number of nitrogens with one attached hydrogen (secondary N) is 1. The SMILES string of the molecule is [2H]C(NC(C)(C)C)C([2H])([2H])CC(=O)O. The first kappa shape index (κ1) is 6.00. The van der Waals surface area contributed by atoms with Crippen LogP contribution in [0.3, 0.4) is 0 Å². The van der Waals surface area contributed by atoms with Crippen LogP contribution in [-0.4, -0.2) is 23.1 Å². The molecule has 0 radical (unpaired) electrons. The summed E-state index contributed by atoms with van der Waals surface area (Å²) in [4.78, 5) is 10.3. The van der Waals surface area contributed by atoms with Crippen LogP contribution in [0.5, 0.6) is 0 Å². The molecule has 3 nitrogen and oxygen atoms in total. The number of rotatable bonds is 4. The number of aliphatic carboxylic acids is 1. The molecule has 2 N–H and O–H groups in total. The van der Waals surface area contributed by atoms with E-state index in [4.69, 9.17) is 9.22 Å². The Morgan fingerprint density at radius 3 is 2.55 bits per heavy atom. The fraction of sp³-hybridized carbons (Fsp3) is 0.875. The Hall–Kier alpha value is -0.570. The second kappa shape index (κ2) is 4.34. The minimum atomic E-state index is -2.06. The Morgan fingerprint density at radius 1 is 1.64 bits per heavy atom. The van der Waals surface area contributed by atoms with Gasteiger partial charge in [-0.05, 0) is 33.7 Å². The lowest BCUT2D eigenvalue weighted by atomic mass is 10.1. The Balaban J connectivity index is 4.35. The summed E-state index contributed by atoms with van der Waals surface area (Å²) in [7, 11) is 0. The summed E-state index contributed by atoms with van der Waals surface area (Å²) >= 11 is 0. The average Bonchev–Trinajstić information content (AvgIpc) is 1.79. The lowest BCUT2D eigenvalue weighted by Crippen LogP contribution is -2.36. The fourth-order valence-electron chi connectivity index (χ4n) is 0.406. The van der Waals surface area contributed by atoms with Crippen LogP contribution >= 0.6 is 0 Å². The van der Waals surface area contributed by atoms with Crippen molar-refractivity contribution in [1.82, 2.24) is 5.32 Å². The third-order valence-corrected chi connectivity index (χ3v) is 0.861. The van der Waals surface area contributed by atoms with Crippen LogP contribution in [0, 0.1) is 0 Å². The van der Waals surface area contributed by atoms with Gasteiger partial charge >= 0.3 is 5.97 Å². The average molecular weight is 162 g/mol. The van der Waals surface area contributed by atoms with Gasteiger partial charge in [0.1, 0.15) is 0 Å². The van der Waals surface area contributed by atoms with Gasteiger partial charge in [0.2, 0.25) is 0 Å². The zero-order chi connectivity index (χ0) is 11.6. The number of carbonyl (C=O) groups is 1. The van der Waals surface area contributed by atoms with Crippen molar-refractivity contribution in [2.24, 2.45) is 0 Å². The molecule has 0 saturated heterocycles. The predicted octanol–water partition coefficient (Wildman–Crippen LogP) is 1.24. The van der Waals surface area contributed by atoms with E-state index in [0.717, 1.165) is 0 Å². The molecule has 0 aromatic carbocycles. The molecule has 1 atom stereocenters. The fourth-order valence-corrected chi connectivity index (χ4v) is 0.406. The van der Waals surface area contributed by atoms with E-state index in [9.17, 15) is 4.79 Å². The lowest BCUT2D eigenvalue weighted by molar-refractivity contribution is -0.137. The molecule has 0 bridgehead atoms. The number of hydrogen-bond acceptors (Lipinski definition) is 2. The summed E-state index contributed by atoms with van der Waals surface area (Å²) in [6.45, 7) is 4.15. The Labute approximate surface area is 72.0 Å². The first-order valence-corrected chi connectivity index (χ1v) is 3.46. The van der Waals surface area contributed by atoms with Gasteiger partial charge in [0.15, 0.2) is 0 Å². The summed E-state index contributed by atoms with van der Waals surface area (Å²) < 4.78 is 22.2. The monoisotopic (exact) mass is 162 g/mol. The zero-order valence-electron chi connectivity index (χ0n) is 10.1. The number of hydrogen-bond donors (Lipinski definition) is 2. The predicted molar refractivity (Wildman–Crippen MR) is 44.6 cm³/mol. The van der Waals surface area contributed by atoms with Crippen LogP contribution in [0.1, 0.15) is 37.7 Å². The smallest absolute Gasteiger partial charge is 0.303 e. The van der Waals surface area contributed by atoms with Crippen molar-refractivity contribution in [1.29, 1.82) is 0 Å². The molecule has 11 heavy (non-hydrogen) atoms. The topological polar surface area (TPSA) is 49.3 Å². The van der Waals surface area contributed by atoms with Crippen LogP contribution in [-0.2, 0) is 4.79 Å². The number of carboxylic acids is 1. The van der Waals surface area contributed by atoms with E-state index in [1.165, 1.54) is 0 Å². The van der Waals surface area contributed by atoms with E-state index in [0.29, 0.717) is 0 Å². The zero-order valence-corrected chi connectivity index (χ0v) is 7.14. The highest BCUT2D eigenvalue weighted by Crippen LogP contribution is 1.98. The molecule has 0 saturated carbocycles. The molecule has 0 aliphatic rings. The molecule has 0 aromatic heterocycles. The first-order chi connectivity index (χ1) is 6.04. The maximum atomic E-state index is 10.3. The van der Waals surface area contributed by atoms with Crippen molar-refractivity contribution in [3.8, 4) is 0 Å². The van der Waals surface area contributed by atoms with Gasteiger partial charge in [-0.2, -0.15) is 0 Å². The second-order valence-corrected chi connectivity index (χ2v) is 3.31. The van der Waals surface area contributed by atoms with Crippen molar-refractivity contribution in [3.05, 3.63) is 0 Å². The van der Waals surface area contributed by atoms with Gasteiger partial charge in [0.25, 0.3) is 0 Å². The largest absolute Gasteiger partial charge is 0.481 e. The summed E-state index contributed by atoms with van der Waals surface area (Å²) in [6, 6.07) is 0. The summed E-state index contributed by atoms with van der Waals surface area (Å²) in [5, 5.41) is 11.1. The summed E-state index contributed by atoms with van der Waals surface area (Å²) in [5.74, 6) is -1.23. The van der Waals surface area contributed by atoms with Gasteiger partial charge in [-0.1, -0.05) is 0 Å². The van der Waals surface area contributed by atoms with Crippen LogP contribution in [0.4, 0.5) is 0 Å². The van der Waals surface area contributed by atoms with Gasteiger partial charge in [0, 0.05) is 16.1 Å². The van der Waals surface area contributed by atoms with Gasteiger partial charge in [-0.25, -0.2) is 0 Å². The first-order valence-electron chi connectivity index (χ1n) is 5.04. The molecule has 0 amide bonds. The molecule has 0 aliphatic heterocycles. The van der Waals surface area contributed by atoms with Gasteiger partial charge in [-0.3, -0.25) is 4.79 Å². The lowest BCUT2D eigenvalue weighted by Gasteiger charge is -2.19. The quantitative estimate of drug-likeness (QED) is 0.654. The van der Waals surface area contributed by atoms with Crippen molar-refractivity contribution in [2.45, 2.75) is 39.1 Å². The maximum Gasteiger partial charge on any atom is 0.303 e. The van der Waals surface area contributed by atoms with E-state index >= 15 is 0 Å². The number of carboxylic acid groups (broad SMARTS) is 1. The molecule has 3 heteroatoms. The summed E-state index contributed by atoms with van der Waals surface area (Å²) in [6.07, 6.45) is -2.72. The molecule has 66 valence electrons. The highest BCUT2D eigenvalue weighted by atomic mass is 16.4. The minimum Gasteiger partial charge on any atom is -0.481 e. The van der Waals surface area contributed by atoms with Crippen molar-refractivity contribution >= 4 is 5.97 Å². The van der Waals surface area contributed by atoms with E-state index in [-0.39, 0.29) is 0 Å². The maximum absolute atomic E-state index is 10.3. The van der Waals surface area contributed by atoms with Crippen LogP contribution in [0.2, 0.25) is 0 Å². The van der Waals surface area contributed by atoms with E-state index in [2.05, 4.69) is 5.32 Å². The molecule has 0 rings (SSSR count). The third-order valence-electron chi connectivity index (χ3n) is 0.861. The van der Waals surface area contributed by atoms with Gasteiger partial charge in [-0.15, -0.1) is 0 Å². The third kappa shape index (κ3) is 9.43. The van der Waals surface area contributed by atoms with E-state index in [1.54, 1.807) is 20.8 Å². The second-order valence-electron chi connectivity index (χ2n) is 3.31. The molecular weight excluding hydrogens is 142 g/mol. The molecular formula is C8H17NO2. The molecule has 0 heterocycles. The Bertz CT molecular complexity index is 213. The van der Waals surface area contributed by atoms with Crippen LogP contribution in [0.15, 0.2) is 0 Å². The summed E-state index contributed by atoms with van der Waals surface area (Å²) in [5.41, 5.74) is -0.404. The van der Waals surface area contributed by atoms with E-state index < -0.39 is 30.8 Å². The molecule has 0 aromatic rings. The van der Waals surface area contributed by atoms with Crippen molar-refractivity contribution < 1.29 is 14.0 Å². The highest BCUT2D eigenvalue weighted by molar-refractivity contribution is 5.66. The minimum absolute atomic E-state index is 0.404.